The van der Waals surface area contributed by atoms with Crippen molar-refractivity contribution >= 4 is 23.6 Å². The maximum absolute atomic E-state index is 12.6. The summed E-state index contributed by atoms with van der Waals surface area (Å²) < 4.78 is 10.3. The van der Waals surface area contributed by atoms with E-state index in [1.807, 2.05) is 37.3 Å². The molecule has 0 bridgehead atoms. The number of hydrogen-bond acceptors (Lipinski definition) is 4. The smallest absolute Gasteiger partial charge is 0.419 e. The molecule has 0 aliphatic heterocycles. The lowest BCUT2D eigenvalue weighted by Crippen LogP contribution is -2.34. The van der Waals surface area contributed by atoms with Crippen LogP contribution in [-0.2, 0) is 4.74 Å². The molecule has 0 radical (unpaired) electrons. The van der Waals surface area contributed by atoms with Crippen molar-refractivity contribution in [2.75, 3.05) is 23.4 Å². The van der Waals surface area contributed by atoms with Crippen LogP contribution in [0.2, 0.25) is 0 Å². The average molecular weight is 354 g/mol. The molecule has 1 N–H and O–H groups in total. The van der Waals surface area contributed by atoms with Gasteiger partial charge >= 0.3 is 12.2 Å². The highest BCUT2D eigenvalue weighted by Crippen LogP contribution is 2.21. The highest BCUT2D eigenvalue weighted by molar-refractivity contribution is 5.89. The second kappa shape index (κ2) is 9.88. The Balaban J connectivity index is 2.06. The molecule has 6 nitrogen and oxygen atoms in total. The molecule has 0 aliphatic rings. The SMILES string of the molecule is C=CCOC(=O)Nc1cccc(OC(=O)N(CCC)c2ccccc2)c1. The monoisotopic (exact) mass is 354 g/mol. The summed E-state index contributed by atoms with van der Waals surface area (Å²) in [4.78, 5) is 25.7. The zero-order valence-electron chi connectivity index (χ0n) is 14.7. The summed E-state index contributed by atoms with van der Waals surface area (Å²) in [6.07, 6.45) is 1.18. The van der Waals surface area contributed by atoms with Crippen LogP contribution in [0, 0.1) is 0 Å². The van der Waals surface area contributed by atoms with E-state index in [1.165, 1.54) is 6.08 Å². The maximum atomic E-state index is 12.6. The molecule has 0 spiro atoms. The van der Waals surface area contributed by atoms with Crippen molar-refractivity contribution < 1.29 is 19.1 Å². The van der Waals surface area contributed by atoms with E-state index in [4.69, 9.17) is 9.47 Å². The summed E-state index contributed by atoms with van der Waals surface area (Å²) in [6.45, 7) is 6.12. The largest absolute Gasteiger partial charge is 0.445 e. The summed E-state index contributed by atoms with van der Waals surface area (Å²) in [7, 11) is 0. The van der Waals surface area contributed by atoms with Gasteiger partial charge in [-0.1, -0.05) is 43.8 Å². The van der Waals surface area contributed by atoms with Crippen molar-refractivity contribution in [2.45, 2.75) is 13.3 Å². The van der Waals surface area contributed by atoms with E-state index in [0.717, 1.165) is 12.1 Å². The molecule has 2 aromatic carbocycles. The molecule has 6 heteroatoms. The number of carbonyl (C=O) groups excluding carboxylic acids is 2. The number of benzene rings is 2. The Morgan fingerprint density at radius 3 is 2.62 bits per heavy atom. The van der Waals surface area contributed by atoms with E-state index < -0.39 is 12.2 Å². The highest BCUT2D eigenvalue weighted by atomic mass is 16.6. The molecule has 0 unspecified atom stereocenters. The molecular formula is C20H22N2O4. The fourth-order valence-electron chi connectivity index (χ4n) is 2.24. The normalized spacial score (nSPS) is 9.88. The first-order chi connectivity index (χ1) is 12.6. The van der Waals surface area contributed by atoms with Gasteiger partial charge in [0, 0.05) is 24.0 Å². The lowest BCUT2D eigenvalue weighted by atomic mass is 10.3. The Bertz CT molecular complexity index is 746. The van der Waals surface area contributed by atoms with E-state index in [9.17, 15) is 9.59 Å². The Morgan fingerprint density at radius 1 is 1.15 bits per heavy atom. The van der Waals surface area contributed by atoms with Crippen molar-refractivity contribution in [1.82, 2.24) is 0 Å². The number of amides is 2. The second-order valence-electron chi connectivity index (χ2n) is 5.40. The van der Waals surface area contributed by atoms with Crippen molar-refractivity contribution in [3.63, 3.8) is 0 Å². The van der Waals surface area contributed by atoms with Gasteiger partial charge in [0.1, 0.15) is 12.4 Å². The summed E-state index contributed by atoms with van der Waals surface area (Å²) in [6, 6.07) is 15.9. The van der Waals surface area contributed by atoms with E-state index in [0.29, 0.717) is 18.0 Å². The van der Waals surface area contributed by atoms with Gasteiger partial charge in [0.25, 0.3) is 0 Å². The first-order valence-corrected chi connectivity index (χ1v) is 8.33. The van der Waals surface area contributed by atoms with Crippen molar-refractivity contribution in [2.24, 2.45) is 0 Å². The van der Waals surface area contributed by atoms with Gasteiger partial charge in [-0.05, 0) is 30.7 Å². The molecule has 0 atom stereocenters. The van der Waals surface area contributed by atoms with Crippen molar-refractivity contribution in [3.05, 3.63) is 67.3 Å². The van der Waals surface area contributed by atoms with Crippen molar-refractivity contribution in [3.8, 4) is 5.75 Å². The quantitative estimate of drug-likeness (QED) is 0.723. The molecule has 26 heavy (non-hydrogen) atoms. The van der Waals surface area contributed by atoms with Gasteiger partial charge in [0.2, 0.25) is 0 Å². The Labute approximate surface area is 153 Å². The van der Waals surface area contributed by atoms with E-state index in [1.54, 1.807) is 29.2 Å². The Hall–Kier alpha value is -3.28. The van der Waals surface area contributed by atoms with Gasteiger partial charge in [-0.3, -0.25) is 10.2 Å². The number of hydrogen-bond donors (Lipinski definition) is 1. The van der Waals surface area contributed by atoms with Crippen LogP contribution in [0.4, 0.5) is 21.0 Å². The third kappa shape index (κ3) is 5.66. The van der Waals surface area contributed by atoms with Gasteiger partial charge in [-0.25, -0.2) is 9.59 Å². The van der Waals surface area contributed by atoms with Gasteiger partial charge in [-0.15, -0.1) is 0 Å². The molecule has 2 aromatic rings. The first-order valence-electron chi connectivity index (χ1n) is 8.33. The van der Waals surface area contributed by atoms with E-state index in [2.05, 4.69) is 11.9 Å². The molecule has 0 fully saturated rings. The van der Waals surface area contributed by atoms with Crippen LogP contribution in [0.25, 0.3) is 0 Å². The summed E-state index contributed by atoms with van der Waals surface area (Å²) in [5.74, 6) is 0.327. The van der Waals surface area contributed by atoms with Gasteiger partial charge in [-0.2, -0.15) is 0 Å². The molecule has 0 saturated carbocycles. The topological polar surface area (TPSA) is 67.9 Å². The first kappa shape index (κ1) is 19.1. The highest BCUT2D eigenvalue weighted by Gasteiger charge is 2.17. The molecular weight excluding hydrogens is 332 g/mol. The standard InChI is InChI=1S/C20H22N2O4/c1-3-13-22(17-10-6-5-7-11-17)20(24)26-18-12-8-9-16(15-18)21-19(23)25-14-4-2/h4-12,15H,2-3,13-14H2,1H3,(H,21,23). The molecule has 0 aromatic heterocycles. The lowest BCUT2D eigenvalue weighted by Gasteiger charge is -2.21. The predicted octanol–water partition coefficient (Wildman–Crippen LogP) is 4.84. The van der Waals surface area contributed by atoms with Gasteiger partial charge in [0.15, 0.2) is 0 Å². The molecule has 2 amide bonds. The summed E-state index contributed by atoms with van der Waals surface area (Å²) in [5.41, 5.74) is 1.23. The van der Waals surface area contributed by atoms with E-state index >= 15 is 0 Å². The number of carbonyl (C=O) groups is 2. The Morgan fingerprint density at radius 2 is 1.92 bits per heavy atom. The van der Waals surface area contributed by atoms with Crippen LogP contribution in [0.1, 0.15) is 13.3 Å². The lowest BCUT2D eigenvalue weighted by molar-refractivity contribution is 0.174. The number of rotatable bonds is 7. The molecule has 0 heterocycles. The summed E-state index contributed by atoms with van der Waals surface area (Å²) in [5, 5.41) is 2.56. The zero-order chi connectivity index (χ0) is 18.8. The number of nitrogens with one attached hydrogen (secondary N) is 1. The van der Waals surface area contributed by atoms with Crippen molar-refractivity contribution in [1.29, 1.82) is 0 Å². The van der Waals surface area contributed by atoms with Gasteiger partial charge in [0.05, 0.1) is 0 Å². The van der Waals surface area contributed by atoms with Crippen LogP contribution in [0.3, 0.4) is 0 Å². The minimum atomic E-state index is -0.606. The average Bonchev–Trinajstić information content (AvgIpc) is 2.65. The number of anilines is 2. The van der Waals surface area contributed by atoms with Crippen LogP contribution >= 0.6 is 0 Å². The minimum Gasteiger partial charge on any atom is -0.445 e. The predicted molar refractivity (Wildman–Crippen MR) is 102 cm³/mol. The zero-order valence-corrected chi connectivity index (χ0v) is 14.7. The maximum Gasteiger partial charge on any atom is 0.419 e. The molecule has 0 aliphatic carbocycles. The third-order valence-corrected chi connectivity index (χ3v) is 3.35. The van der Waals surface area contributed by atoms with Crippen LogP contribution in [-0.4, -0.2) is 25.3 Å². The minimum absolute atomic E-state index is 0.115. The fraction of sp³-hybridized carbons (Fsp3) is 0.200. The van der Waals surface area contributed by atoms with Crippen LogP contribution in [0.15, 0.2) is 67.3 Å². The van der Waals surface area contributed by atoms with Crippen LogP contribution in [0.5, 0.6) is 5.75 Å². The van der Waals surface area contributed by atoms with Gasteiger partial charge < -0.3 is 9.47 Å². The Kier molecular flexibility index (Phi) is 7.24. The number of ether oxygens (including phenoxy) is 2. The molecule has 2 rings (SSSR count). The number of nitrogens with zero attached hydrogens (tertiary/aromatic N) is 1. The van der Waals surface area contributed by atoms with Crippen LogP contribution < -0.4 is 15.0 Å². The third-order valence-electron chi connectivity index (χ3n) is 3.35. The van der Waals surface area contributed by atoms with E-state index in [-0.39, 0.29) is 6.61 Å². The second-order valence-corrected chi connectivity index (χ2v) is 5.40. The fourth-order valence-corrected chi connectivity index (χ4v) is 2.24. The molecule has 0 saturated heterocycles. The number of para-hydroxylation sites is 1. The summed E-state index contributed by atoms with van der Waals surface area (Å²) >= 11 is 0. The molecule has 136 valence electrons.